The Morgan fingerprint density at radius 1 is 1.46 bits per heavy atom. The fourth-order valence-corrected chi connectivity index (χ4v) is 0.931. The van der Waals surface area contributed by atoms with Crippen LogP contribution in [0.2, 0.25) is 0 Å². The Morgan fingerprint density at radius 2 is 2.15 bits per heavy atom. The van der Waals surface area contributed by atoms with Crippen LogP contribution in [0.3, 0.4) is 0 Å². The molecule has 2 N–H and O–H groups in total. The first kappa shape index (κ1) is 9.14. The summed E-state index contributed by atoms with van der Waals surface area (Å²) in [6.45, 7) is 0. The molecule has 13 heavy (non-hydrogen) atoms. The van der Waals surface area contributed by atoms with Crippen molar-refractivity contribution in [3.63, 3.8) is 0 Å². The number of aliphatic carboxylic acids is 1. The first-order valence-electron chi connectivity index (χ1n) is 3.76. The van der Waals surface area contributed by atoms with Gasteiger partial charge in [-0.15, -0.1) is 0 Å². The molecular formula is C10H9NO2. The third kappa shape index (κ3) is 2.53. The summed E-state index contributed by atoms with van der Waals surface area (Å²) in [5, 5.41) is 11.3. The van der Waals surface area contributed by atoms with Gasteiger partial charge < -0.3 is 10.4 Å². The van der Waals surface area contributed by atoms with Crippen molar-refractivity contribution in [2.24, 2.45) is 0 Å². The van der Waals surface area contributed by atoms with E-state index in [9.17, 15) is 4.79 Å². The summed E-state index contributed by atoms with van der Waals surface area (Å²) in [7, 11) is 1.77. The third-order valence-electron chi connectivity index (χ3n) is 1.50. The standard InChI is InChI=1S/C10H9NO2/c1-11-9-5-3-2-4-8(9)6-7-10(12)13/h2-5,11H,1H3,(H,12,13). The predicted octanol–water partition coefficient (Wildman–Crippen LogP) is 1.16. The second kappa shape index (κ2) is 4.17. The summed E-state index contributed by atoms with van der Waals surface area (Å²) >= 11 is 0. The number of carboxylic acid groups (broad SMARTS) is 1. The number of rotatable bonds is 1. The number of para-hydroxylation sites is 1. The van der Waals surface area contributed by atoms with Crippen molar-refractivity contribution in [2.45, 2.75) is 0 Å². The number of hydrogen-bond donors (Lipinski definition) is 2. The van der Waals surface area contributed by atoms with E-state index in [0.717, 1.165) is 5.69 Å². The van der Waals surface area contributed by atoms with Gasteiger partial charge in [0, 0.05) is 24.2 Å². The van der Waals surface area contributed by atoms with Crippen molar-refractivity contribution in [3.8, 4) is 11.8 Å². The summed E-state index contributed by atoms with van der Waals surface area (Å²) in [6, 6.07) is 7.28. The summed E-state index contributed by atoms with van der Waals surface area (Å²) in [6.07, 6.45) is 0. The molecule has 0 bridgehead atoms. The van der Waals surface area contributed by atoms with Gasteiger partial charge in [0.25, 0.3) is 0 Å². The maximum atomic E-state index is 10.2. The van der Waals surface area contributed by atoms with E-state index >= 15 is 0 Å². The van der Waals surface area contributed by atoms with Crippen LogP contribution >= 0.6 is 0 Å². The molecule has 0 spiro atoms. The molecule has 1 rings (SSSR count). The number of benzene rings is 1. The summed E-state index contributed by atoms with van der Waals surface area (Å²) in [4.78, 5) is 10.2. The highest BCUT2D eigenvalue weighted by Gasteiger charge is 1.94. The average molecular weight is 175 g/mol. The Kier molecular flexibility index (Phi) is 2.93. The Balaban J connectivity index is 3.02. The predicted molar refractivity (Wildman–Crippen MR) is 50.5 cm³/mol. The molecule has 0 fully saturated rings. The van der Waals surface area contributed by atoms with Crippen molar-refractivity contribution in [3.05, 3.63) is 29.8 Å². The number of hydrogen-bond acceptors (Lipinski definition) is 2. The van der Waals surface area contributed by atoms with Gasteiger partial charge in [-0.1, -0.05) is 18.1 Å². The highest BCUT2D eigenvalue weighted by molar-refractivity contribution is 5.87. The van der Waals surface area contributed by atoms with E-state index in [1.54, 1.807) is 13.1 Å². The molecule has 0 aliphatic carbocycles. The molecule has 0 atom stereocenters. The minimum Gasteiger partial charge on any atom is -0.472 e. The molecular weight excluding hydrogens is 166 g/mol. The van der Waals surface area contributed by atoms with Crippen LogP contribution in [0.1, 0.15) is 5.56 Å². The van der Waals surface area contributed by atoms with E-state index in [1.165, 1.54) is 0 Å². The van der Waals surface area contributed by atoms with E-state index in [1.807, 2.05) is 18.2 Å². The van der Waals surface area contributed by atoms with Crippen LogP contribution in [0.15, 0.2) is 24.3 Å². The fourth-order valence-electron chi connectivity index (χ4n) is 0.931. The van der Waals surface area contributed by atoms with Crippen LogP contribution in [-0.4, -0.2) is 18.1 Å². The largest absolute Gasteiger partial charge is 0.472 e. The normalized spacial score (nSPS) is 8.38. The Bertz CT molecular complexity index is 374. The van der Waals surface area contributed by atoms with Crippen molar-refractivity contribution in [1.82, 2.24) is 0 Å². The van der Waals surface area contributed by atoms with Crippen LogP contribution in [0.25, 0.3) is 0 Å². The highest BCUT2D eigenvalue weighted by Crippen LogP contribution is 2.11. The van der Waals surface area contributed by atoms with E-state index < -0.39 is 5.97 Å². The topological polar surface area (TPSA) is 49.3 Å². The lowest BCUT2D eigenvalue weighted by molar-refractivity contribution is -0.130. The van der Waals surface area contributed by atoms with Gasteiger partial charge in [-0.25, -0.2) is 4.79 Å². The van der Waals surface area contributed by atoms with Crippen LogP contribution in [0.5, 0.6) is 0 Å². The third-order valence-corrected chi connectivity index (χ3v) is 1.50. The molecule has 0 amide bonds. The number of nitrogens with one attached hydrogen (secondary N) is 1. The lowest BCUT2D eigenvalue weighted by Crippen LogP contribution is -1.92. The highest BCUT2D eigenvalue weighted by atomic mass is 16.4. The average Bonchev–Trinajstić information content (AvgIpc) is 2.15. The Hall–Kier alpha value is -1.95. The maximum absolute atomic E-state index is 10.2. The summed E-state index contributed by atoms with van der Waals surface area (Å²) < 4.78 is 0. The Morgan fingerprint density at radius 3 is 2.77 bits per heavy atom. The maximum Gasteiger partial charge on any atom is 0.382 e. The van der Waals surface area contributed by atoms with Gasteiger partial charge in [-0.2, -0.15) is 0 Å². The zero-order chi connectivity index (χ0) is 9.68. The quantitative estimate of drug-likeness (QED) is 0.630. The number of carbonyl (C=O) groups is 1. The fraction of sp³-hybridized carbons (Fsp3) is 0.100. The van der Waals surface area contributed by atoms with Gasteiger partial charge in [0.2, 0.25) is 0 Å². The first-order valence-corrected chi connectivity index (χ1v) is 3.76. The molecule has 0 radical (unpaired) electrons. The monoisotopic (exact) mass is 175 g/mol. The van der Waals surface area contributed by atoms with Crippen LogP contribution in [0, 0.1) is 11.8 Å². The van der Waals surface area contributed by atoms with E-state index in [2.05, 4.69) is 17.2 Å². The van der Waals surface area contributed by atoms with Crippen molar-refractivity contribution < 1.29 is 9.90 Å². The van der Waals surface area contributed by atoms with E-state index in [-0.39, 0.29) is 0 Å². The van der Waals surface area contributed by atoms with Crippen molar-refractivity contribution in [2.75, 3.05) is 12.4 Å². The number of anilines is 1. The zero-order valence-corrected chi connectivity index (χ0v) is 7.16. The minimum atomic E-state index is -1.12. The first-order chi connectivity index (χ1) is 6.24. The van der Waals surface area contributed by atoms with Gasteiger partial charge >= 0.3 is 5.97 Å². The van der Waals surface area contributed by atoms with Gasteiger partial charge in [-0.3, -0.25) is 0 Å². The van der Waals surface area contributed by atoms with Gasteiger partial charge in [0.05, 0.1) is 0 Å². The summed E-state index contributed by atoms with van der Waals surface area (Å²) in [5.41, 5.74) is 1.52. The minimum absolute atomic E-state index is 0.687. The van der Waals surface area contributed by atoms with Crippen molar-refractivity contribution in [1.29, 1.82) is 0 Å². The molecule has 0 aromatic heterocycles. The molecule has 0 unspecified atom stereocenters. The SMILES string of the molecule is CNc1ccccc1C#CC(=O)O. The second-order valence-electron chi connectivity index (χ2n) is 2.35. The lowest BCUT2D eigenvalue weighted by Gasteiger charge is -2.00. The second-order valence-corrected chi connectivity index (χ2v) is 2.35. The molecule has 0 heterocycles. The zero-order valence-electron chi connectivity index (χ0n) is 7.16. The van der Waals surface area contributed by atoms with Gasteiger partial charge in [0.15, 0.2) is 0 Å². The van der Waals surface area contributed by atoms with Gasteiger partial charge in [-0.05, 0) is 12.1 Å². The number of carboxylic acids is 1. The van der Waals surface area contributed by atoms with Gasteiger partial charge in [0.1, 0.15) is 0 Å². The van der Waals surface area contributed by atoms with Crippen LogP contribution in [-0.2, 0) is 4.79 Å². The van der Waals surface area contributed by atoms with Crippen molar-refractivity contribution >= 4 is 11.7 Å². The molecule has 66 valence electrons. The molecule has 0 saturated heterocycles. The molecule has 0 aliphatic heterocycles. The van der Waals surface area contributed by atoms with E-state index in [4.69, 9.17) is 5.11 Å². The molecule has 3 nitrogen and oxygen atoms in total. The molecule has 3 heteroatoms. The van der Waals surface area contributed by atoms with Crippen LogP contribution < -0.4 is 5.32 Å². The molecule has 0 aliphatic rings. The Labute approximate surface area is 76.4 Å². The van der Waals surface area contributed by atoms with Crippen LogP contribution in [0.4, 0.5) is 5.69 Å². The molecule has 1 aromatic carbocycles. The lowest BCUT2D eigenvalue weighted by atomic mass is 10.2. The smallest absolute Gasteiger partial charge is 0.382 e. The molecule has 0 saturated carbocycles. The summed E-state index contributed by atoms with van der Waals surface area (Å²) in [5.74, 6) is 3.50. The van der Waals surface area contributed by atoms with E-state index in [0.29, 0.717) is 5.56 Å². The molecule has 1 aromatic rings.